The molecule has 0 aromatic rings. The minimum Gasteiger partial charge on any atom is -0.465 e. The lowest BCUT2D eigenvalue weighted by molar-refractivity contribution is -0.384. The summed E-state index contributed by atoms with van der Waals surface area (Å²) >= 11 is 0. The van der Waals surface area contributed by atoms with E-state index in [0.29, 0.717) is 25.3 Å². The fraction of sp³-hybridized carbons (Fsp3) is 0.833. The third-order valence-corrected chi connectivity index (χ3v) is 13.1. The Kier molecular flexibility index (Phi) is 4.64. The summed E-state index contributed by atoms with van der Waals surface area (Å²) in [5.74, 6) is -2.31. The highest BCUT2D eigenvalue weighted by molar-refractivity contribution is 6.00. The van der Waals surface area contributed by atoms with Crippen LogP contribution in [0.4, 0.5) is 0 Å². The van der Waals surface area contributed by atoms with Crippen molar-refractivity contribution in [3.63, 3.8) is 0 Å². The average Bonchev–Trinajstić information content (AvgIpc) is 3.47. The number of aliphatic hydroxyl groups excluding tert-OH is 2. The molecular formula is C30H39NO8. The number of rotatable bonds is 0. The number of Topliss-reactive ketones (excluding diaryl/α,β-unsaturated/α-hetero) is 1. The number of allylic oxidation sites excluding steroid dienone is 2. The third kappa shape index (κ3) is 2.41. The quantitative estimate of drug-likeness (QED) is 0.440. The van der Waals surface area contributed by atoms with Gasteiger partial charge in [-0.1, -0.05) is 26.3 Å². The second-order valence-corrected chi connectivity index (χ2v) is 14.6. The Bertz CT molecular complexity index is 1250. The number of carbonyl (C=O) groups excluding carboxylic acids is 3. The Morgan fingerprint density at radius 2 is 1.87 bits per heavy atom. The summed E-state index contributed by atoms with van der Waals surface area (Å²) in [6, 6.07) is 0. The molecule has 9 nitrogen and oxygen atoms in total. The smallest absolute Gasteiger partial charge is 0.306 e. The Balaban J connectivity index is 1.41. The first-order valence-corrected chi connectivity index (χ1v) is 14.7. The van der Waals surface area contributed by atoms with E-state index in [1.165, 1.54) is 0 Å². The van der Waals surface area contributed by atoms with Crippen LogP contribution in [0.5, 0.6) is 0 Å². The number of ketones is 2. The van der Waals surface area contributed by atoms with Crippen molar-refractivity contribution in [3.8, 4) is 0 Å². The van der Waals surface area contributed by atoms with Crippen molar-refractivity contribution < 1.29 is 38.8 Å². The molecule has 2 saturated carbocycles. The monoisotopic (exact) mass is 541 g/mol. The molecule has 0 aromatic heterocycles. The molecule has 8 rings (SSSR count). The van der Waals surface area contributed by atoms with Gasteiger partial charge in [-0.2, -0.15) is 0 Å². The lowest BCUT2D eigenvalue weighted by Gasteiger charge is -2.73. The molecule has 7 fully saturated rings. The van der Waals surface area contributed by atoms with Gasteiger partial charge in [-0.05, 0) is 50.5 Å². The van der Waals surface area contributed by atoms with Crippen molar-refractivity contribution in [2.75, 3.05) is 19.8 Å². The molecule has 4 bridgehead atoms. The van der Waals surface area contributed by atoms with Gasteiger partial charge in [-0.15, -0.1) is 0 Å². The second-order valence-electron chi connectivity index (χ2n) is 14.6. The molecule has 39 heavy (non-hydrogen) atoms. The molecule has 0 amide bonds. The Morgan fingerprint density at radius 1 is 1.10 bits per heavy atom. The van der Waals surface area contributed by atoms with Crippen molar-refractivity contribution >= 4 is 17.5 Å². The highest BCUT2D eigenvalue weighted by Crippen LogP contribution is 2.79. The normalized spacial score (nSPS) is 59.4. The maximum Gasteiger partial charge on any atom is 0.306 e. The van der Waals surface area contributed by atoms with Crippen LogP contribution in [0.25, 0.3) is 0 Å². The van der Waals surface area contributed by atoms with Gasteiger partial charge in [0, 0.05) is 40.5 Å². The Hall–Kier alpha value is -1.65. The van der Waals surface area contributed by atoms with Crippen molar-refractivity contribution in [3.05, 3.63) is 11.6 Å². The van der Waals surface area contributed by atoms with Crippen LogP contribution in [-0.2, 0) is 28.6 Å². The molecule has 2 N–H and O–H groups in total. The van der Waals surface area contributed by atoms with Crippen molar-refractivity contribution in [2.45, 2.75) is 89.6 Å². The number of carbonyl (C=O) groups is 3. The van der Waals surface area contributed by atoms with Gasteiger partial charge in [-0.25, -0.2) is 4.90 Å². The number of hydrogen-bond acceptors (Lipinski definition) is 9. The maximum atomic E-state index is 14.6. The third-order valence-electron chi connectivity index (χ3n) is 13.1. The first-order chi connectivity index (χ1) is 18.4. The summed E-state index contributed by atoms with van der Waals surface area (Å²) < 4.78 is 19.3. The van der Waals surface area contributed by atoms with E-state index in [-0.39, 0.29) is 55.6 Å². The van der Waals surface area contributed by atoms with Crippen molar-refractivity contribution in [1.82, 2.24) is 4.90 Å². The van der Waals surface area contributed by atoms with Gasteiger partial charge in [-0.3, -0.25) is 14.4 Å². The molecule has 13 atom stereocenters. The van der Waals surface area contributed by atoms with Gasteiger partial charge < -0.3 is 24.4 Å². The van der Waals surface area contributed by atoms with Crippen molar-refractivity contribution in [2.24, 2.45) is 45.8 Å². The zero-order chi connectivity index (χ0) is 27.5. The summed E-state index contributed by atoms with van der Waals surface area (Å²) in [7, 11) is 0. The Morgan fingerprint density at radius 3 is 2.59 bits per heavy atom. The highest BCUT2D eigenvalue weighted by Gasteiger charge is 2.90. The zero-order valence-electron chi connectivity index (χ0n) is 23.1. The predicted octanol–water partition coefficient (Wildman–Crippen LogP) is 1.59. The van der Waals surface area contributed by atoms with Gasteiger partial charge in [0.2, 0.25) is 0 Å². The average molecular weight is 542 g/mol. The summed E-state index contributed by atoms with van der Waals surface area (Å²) in [6.07, 6.45) is 1.87. The summed E-state index contributed by atoms with van der Waals surface area (Å²) in [6.45, 7) is 8.59. The van der Waals surface area contributed by atoms with Gasteiger partial charge in [0.05, 0.1) is 31.8 Å². The molecule has 212 valence electrons. The van der Waals surface area contributed by atoms with E-state index in [4.69, 9.17) is 14.2 Å². The molecule has 0 aromatic carbocycles. The number of piperidine rings is 1. The lowest BCUT2D eigenvalue weighted by atomic mass is 9.33. The van der Waals surface area contributed by atoms with E-state index >= 15 is 0 Å². The van der Waals surface area contributed by atoms with Crippen molar-refractivity contribution in [1.29, 1.82) is 0 Å². The molecule has 5 aliphatic heterocycles. The summed E-state index contributed by atoms with van der Waals surface area (Å²) in [5.41, 5.74) is -4.39. The van der Waals surface area contributed by atoms with Crippen LogP contribution in [0.15, 0.2) is 11.6 Å². The predicted molar refractivity (Wildman–Crippen MR) is 135 cm³/mol. The van der Waals surface area contributed by atoms with Crippen LogP contribution in [0, 0.1) is 45.8 Å². The minimum atomic E-state index is -1.29. The molecule has 8 aliphatic rings. The van der Waals surface area contributed by atoms with Crippen LogP contribution < -0.4 is 0 Å². The van der Waals surface area contributed by atoms with E-state index in [0.717, 1.165) is 12.0 Å². The molecular weight excluding hydrogens is 502 g/mol. The van der Waals surface area contributed by atoms with Crippen LogP contribution in [0.2, 0.25) is 0 Å². The van der Waals surface area contributed by atoms with Gasteiger partial charge in [0.15, 0.2) is 17.2 Å². The minimum absolute atomic E-state index is 0.0284. The molecule has 3 aliphatic carbocycles. The molecule has 9 heteroatoms. The lowest BCUT2D eigenvalue weighted by Crippen LogP contribution is -2.85. The molecule has 5 heterocycles. The number of fused-ring (bicyclic) bond motifs is 4. The SMILES string of the molecule is CC1=CC(=O)[C@@H]2[C@@H](C1)[C@]13CO[C@@]4([C@@H]1O)N1C[C@H]5C[C@H](C)C[C@@]1(O5)[C@@H](O)C[C@@]4(C)[C@]1(COC(=O)C1)[C@H]3C(=O)[C@@H]2C. The number of hydrogen-bond donors (Lipinski definition) is 2. The molecule has 0 radical (unpaired) electrons. The zero-order valence-corrected chi connectivity index (χ0v) is 23.1. The van der Waals surface area contributed by atoms with Gasteiger partial charge >= 0.3 is 5.97 Å². The molecule has 5 saturated heterocycles. The molecule has 4 spiro atoms. The number of esters is 1. The van der Waals surface area contributed by atoms with Gasteiger partial charge in [0.25, 0.3) is 0 Å². The first kappa shape index (κ1) is 25.1. The fourth-order valence-corrected chi connectivity index (χ4v) is 11.7. The first-order valence-electron chi connectivity index (χ1n) is 14.7. The van der Waals surface area contributed by atoms with Crippen LogP contribution >= 0.6 is 0 Å². The number of ether oxygens (including phenoxy) is 3. The highest BCUT2D eigenvalue weighted by atomic mass is 16.6. The largest absolute Gasteiger partial charge is 0.465 e. The summed E-state index contributed by atoms with van der Waals surface area (Å²) in [4.78, 5) is 43.2. The van der Waals surface area contributed by atoms with Crippen LogP contribution in [-0.4, -0.2) is 82.2 Å². The fourth-order valence-electron chi connectivity index (χ4n) is 11.7. The standard InChI is InChI=1S/C30H39NO8/c1-14-6-18-22(19(32)7-14)16(3)23(35)24-27(10-21(34)37-12-27)26(4)9-20(33)29-8-15(2)5-17(39-29)11-31(29)30(26)25(36)28(18,24)13-38-30/h7,15-18,20,22,24-25,33,36H,5-6,8-13H2,1-4H3/t15-,16+,17+,18+,20-,22-,24+,25+,26-,27+,28-,29+,30+/m0/s1. The topological polar surface area (TPSA) is 123 Å². The van der Waals surface area contributed by atoms with E-state index in [1.807, 2.05) is 20.8 Å². The van der Waals surface area contributed by atoms with Crippen LogP contribution in [0.1, 0.15) is 59.8 Å². The number of aliphatic hydroxyl groups is 2. The van der Waals surface area contributed by atoms with Crippen LogP contribution in [0.3, 0.4) is 0 Å². The van der Waals surface area contributed by atoms with E-state index in [1.54, 1.807) is 6.08 Å². The number of cyclic esters (lactones) is 1. The maximum absolute atomic E-state index is 14.6. The van der Waals surface area contributed by atoms with Gasteiger partial charge in [0.1, 0.15) is 11.9 Å². The summed E-state index contributed by atoms with van der Waals surface area (Å²) in [5, 5.41) is 24.8. The molecule has 0 unspecified atom stereocenters. The number of nitrogens with zero attached hydrogens (tertiary/aromatic N) is 1. The second kappa shape index (κ2) is 7.21. The van der Waals surface area contributed by atoms with E-state index in [9.17, 15) is 24.6 Å². The Labute approximate surface area is 228 Å². The van der Waals surface area contributed by atoms with E-state index < -0.39 is 57.7 Å². The van der Waals surface area contributed by atoms with E-state index in [2.05, 4.69) is 11.8 Å².